The number of hydrogen-bond acceptors (Lipinski definition) is 13. The number of aryl methyl sites for hydroxylation is 1. The van der Waals surface area contributed by atoms with E-state index in [-0.39, 0.29) is 58.1 Å². The van der Waals surface area contributed by atoms with Crippen LogP contribution in [0.5, 0.6) is 0 Å². The lowest BCUT2D eigenvalue weighted by molar-refractivity contribution is -0.143. The first-order valence-electron chi connectivity index (χ1n) is 14.5. The maximum atomic E-state index is 12.3. The number of carboxylic acid groups (broad SMARTS) is 2. The van der Waals surface area contributed by atoms with Gasteiger partial charge >= 0.3 is 11.9 Å². The predicted molar refractivity (Wildman–Crippen MR) is 156 cm³/mol. The van der Waals surface area contributed by atoms with Crippen LogP contribution in [0.2, 0.25) is 0 Å². The molecule has 4 amide bonds. The molecule has 20 nitrogen and oxygen atoms in total. The highest BCUT2D eigenvalue weighted by Gasteiger charge is 2.25. The Morgan fingerprint density at radius 1 is 0.804 bits per heavy atom. The molecule has 0 aliphatic rings. The molecule has 1 unspecified atom stereocenters. The third kappa shape index (κ3) is 19.2. The number of carbonyl (C=O) groups is 6. The van der Waals surface area contributed by atoms with E-state index in [1.54, 1.807) is 0 Å². The number of aromatic nitrogens is 4. The van der Waals surface area contributed by atoms with Gasteiger partial charge in [0.1, 0.15) is 17.9 Å². The number of aromatic amines is 1. The number of rotatable bonds is 26. The van der Waals surface area contributed by atoms with Crippen LogP contribution in [0, 0.1) is 0 Å². The van der Waals surface area contributed by atoms with E-state index >= 15 is 0 Å². The normalized spacial score (nSPS) is 12.5. The molecule has 260 valence electrons. The highest BCUT2D eigenvalue weighted by Crippen LogP contribution is 2.05. The summed E-state index contributed by atoms with van der Waals surface area (Å²) in [5.74, 6) is -5.79. The fraction of sp³-hybridized carbons (Fsp3) is 0.720. The number of H-pyrrole nitrogens is 1. The first-order chi connectivity index (χ1) is 21.8. The molecule has 1 rings (SSSR count). The molecule has 0 bridgehead atoms. The number of hydrogen-bond donors (Lipinski definition) is 7. The second-order valence-corrected chi connectivity index (χ2v) is 11.6. The zero-order chi connectivity index (χ0) is 34.4. The van der Waals surface area contributed by atoms with Crippen LogP contribution in [0.4, 0.5) is 0 Å². The Bertz CT molecular complexity index is 1230. The molecule has 21 heteroatoms. The molecule has 2 atom stereocenters. The number of carboxylic acids is 2. The van der Waals surface area contributed by atoms with Crippen molar-refractivity contribution in [3.05, 3.63) is 5.82 Å². The van der Waals surface area contributed by atoms with Gasteiger partial charge in [-0.05, 0) is 43.0 Å². The molecule has 46 heavy (non-hydrogen) atoms. The van der Waals surface area contributed by atoms with Gasteiger partial charge in [0.05, 0.1) is 25.6 Å². The summed E-state index contributed by atoms with van der Waals surface area (Å²) in [6, 6.07) is -2.93. The van der Waals surface area contributed by atoms with Crippen LogP contribution in [0.3, 0.4) is 0 Å². The van der Waals surface area contributed by atoms with Crippen molar-refractivity contribution in [1.82, 2.24) is 41.3 Å². The van der Waals surface area contributed by atoms with Crippen LogP contribution < -0.4 is 20.7 Å². The van der Waals surface area contributed by atoms with E-state index in [0.717, 1.165) is 0 Å². The Labute approximate surface area is 265 Å². The Morgan fingerprint density at radius 2 is 1.39 bits per heavy atom. The van der Waals surface area contributed by atoms with E-state index in [1.165, 1.54) is 0 Å². The summed E-state index contributed by atoms with van der Waals surface area (Å²) in [7, 11) is -4.05. The molecule has 0 saturated carbocycles. The smallest absolute Gasteiger partial charge is 0.326 e. The van der Waals surface area contributed by atoms with Gasteiger partial charge in [0.25, 0.3) is 0 Å². The van der Waals surface area contributed by atoms with E-state index in [4.69, 9.17) is 9.47 Å². The summed E-state index contributed by atoms with van der Waals surface area (Å²) in [5, 5.41) is 38.7. The molecule has 1 heterocycles. The SMILES string of the molecule is CCOCCOCCNC(=O)CCC(NC(=O)CC[C@H](NC(=O)CCCS(=O)(=O)NC(=O)CCCc1nnn[nH]1)C(=O)O)C(=O)O. The minimum Gasteiger partial charge on any atom is -0.480 e. The molecule has 1 aromatic rings. The Balaban J connectivity index is 2.36. The van der Waals surface area contributed by atoms with E-state index in [1.807, 2.05) is 11.6 Å². The van der Waals surface area contributed by atoms with Gasteiger partial charge in [-0.3, -0.25) is 23.9 Å². The van der Waals surface area contributed by atoms with Crippen molar-refractivity contribution in [3.8, 4) is 0 Å². The fourth-order valence-electron chi connectivity index (χ4n) is 3.71. The molecule has 1 aromatic heterocycles. The predicted octanol–water partition coefficient (Wildman–Crippen LogP) is -2.38. The van der Waals surface area contributed by atoms with E-state index in [0.29, 0.717) is 32.1 Å². The third-order valence-electron chi connectivity index (χ3n) is 6.02. The Kier molecular flexibility index (Phi) is 19.3. The fourth-order valence-corrected chi connectivity index (χ4v) is 4.79. The number of nitrogens with one attached hydrogen (secondary N) is 5. The summed E-state index contributed by atoms with van der Waals surface area (Å²) in [6.07, 6.45) is -1.36. The van der Waals surface area contributed by atoms with Crippen molar-refractivity contribution in [2.24, 2.45) is 0 Å². The lowest BCUT2D eigenvalue weighted by atomic mass is 10.1. The standard InChI is InChI=1S/C25H42N8O12S/c1-2-44-14-15-45-13-12-26-20(34)10-8-17(24(38)39)28-22(36)11-9-18(25(40)41)27-21(35)7-4-16-46(42,43)31-23(37)6-3-5-19-29-32-33-30-19/h17-18H,2-16H2,1H3,(H,26,34)(H,27,35)(H,28,36)(H,31,37)(H,38,39)(H,40,41)(H,29,30,32,33)/t17?,18-/m0/s1. The highest BCUT2D eigenvalue weighted by molar-refractivity contribution is 7.90. The summed E-state index contributed by atoms with van der Waals surface area (Å²) in [6.45, 7) is 3.63. The van der Waals surface area contributed by atoms with Crippen molar-refractivity contribution in [2.75, 3.05) is 38.7 Å². The van der Waals surface area contributed by atoms with Crippen molar-refractivity contribution in [1.29, 1.82) is 0 Å². The van der Waals surface area contributed by atoms with E-state index in [9.17, 15) is 47.4 Å². The minimum atomic E-state index is -4.05. The van der Waals surface area contributed by atoms with E-state index < -0.39 is 69.8 Å². The number of sulfonamides is 1. The highest BCUT2D eigenvalue weighted by atomic mass is 32.2. The zero-order valence-electron chi connectivity index (χ0n) is 25.5. The van der Waals surface area contributed by atoms with Crippen LogP contribution in [-0.4, -0.2) is 126 Å². The summed E-state index contributed by atoms with van der Waals surface area (Å²) in [4.78, 5) is 71.5. The lowest BCUT2D eigenvalue weighted by Gasteiger charge is -2.17. The van der Waals surface area contributed by atoms with Gasteiger partial charge in [0.15, 0.2) is 0 Å². The van der Waals surface area contributed by atoms with Gasteiger partial charge in [-0.15, -0.1) is 5.10 Å². The number of nitrogens with zero attached hydrogens (tertiary/aromatic N) is 3. The minimum absolute atomic E-state index is 0.108. The van der Waals surface area contributed by atoms with Gasteiger partial charge in [0.2, 0.25) is 33.7 Å². The summed E-state index contributed by atoms with van der Waals surface area (Å²) < 4.78 is 36.5. The number of ether oxygens (including phenoxy) is 2. The van der Waals surface area contributed by atoms with Gasteiger partial charge in [-0.1, -0.05) is 0 Å². The molecule has 0 spiro atoms. The largest absolute Gasteiger partial charge is 0.480 e. The molecule has 0 aliphatic carbocycles. The third-order valence-corrected chi connectivity index (χ3v) is 7.39. The van der Waals surface area contributed by atoms with Crippen LogP contribution in [-0.2, 0) is 54.7 Å². The monoisotopic (exact) mass is 678 g/mol. The zero-order valence-corrected chi connectivity index (χ0v) is 26.3. The molecule has 0 aliphatic heterocycles. The average molecular weight is 679 g/mol. The number of aliphatic carboxylic acids is 2. The molecule has 7 N–H and O–H groups in total. The van der Waals surface area contributed by atoms with Crippen molar-refractivity contribution in [3.63, 3.8) is 0 Å². The second-order valence-electron chi connectivity index (χ2n) is 9.80. The van der Waals surface area contributed by atoms with Gasteiger partial charge in [-0.2, -0.15) is 0 Å². The summed E-state index contributed by atoms with van der Waals surface area (Å²) >= 11 is 0. The maximum absolute atomic E-state index is 12.3. The van der Waals surface area contributed by atoms with E-state index in [2.05, 4.69) is 36.6 Å². The number of tetrazole rings is 1. The lowest BCUT2D eigenvalue weighted by Crippen LogP contribution is -2.44. The van der Waals surface area contributed by atoms with Crippen LogP contribution in [0.1, 0.15) is 64.1 Å². The van der Waals surface area contributed by atoms with Gasteiger partial charge in [-0.25, -0.2) is 23.1 Å². The van der Waals surface area contributed by atoms with Crippen molar-refractivity contribution in [2.45, 2.75) is 76.8 Å². The molecule has 0 saturated heterocycles. The van der Waals surface area contributed by atoms with Crippen molar-refractivity contribution < 1.29 is 56.9 Å². The first-order valence-corrected chi connectivity index (χ1v) is 16.2. The Morgan fingerprint density at radius 3 is 1.98 bits per heavy atom. The number of carbonyl (C=O) groups excluding carboxylic acids is 4. The molecular weight excluding hydrogens is 636 g/mol. The average Bonchev–Trinajstić information content (AvgIpc) is 3.49. The van der Waals surface area contributed by atoms with Crippen LogP contribution in [0.25, 0.3) is 0 Å². The quantitative estimate of drug-likeness (QED) is 0.0503. The number of amides is 4. The second kappa shape index (κ2) is 22.3. The summed E-state index contributed by atoms with van der Waals surface area (Å²) in [5.41, 5.74) is 0. The molecular formula is C25H42N8O12S. The van der Waals surface area contributed by atoms with Crippen LogP contribution in [0.15, 0.2) is 0 Å². The van der Waals surface area contributed by atoms with Gasteiger partial charge in [0, 0.05) is 45.3 Å². The maximum Gasteiger partial charge on any atom is 0.326 e. The molecule has 0 aromatic carbocycles. The van der Waals surface area contributed by atoms with Crippen LogP contribution >= 0.6 is 0 Å². The topological polar surface area (TPSA) is 298 Å². The van der Waals surface area contributed by atoms with Gasteiger partial charge < -0.3 is 35.6 Å². The molecule has 0 radical (unpaired) electrons. The Hall–Kier alpha value is -4.24. The first kappa shape index (κ1) is 39.8. The van der Waals surface area contributed by atoms with Crippen molar-refractivity contribution >= 4 is 45.6 Å². The molecule has 0 fully saturated rings.